The van der Waals surface area contributed by atoms with Gasteiger partial charge in [0.15, 0.2) is 0 Å². The number of aliphatic hydroxyl groups is 1. The predicted octanol–water partition coefficient (Wildman–Crippen LogP) is 2.60. The van der Waals surface area contributed by atoms with Crippen LogP contribution in [0.15, 0.2) is 48.8 Å². The smallest absolute Gasteiger partial charge is 0.140 e. The molecule has 0 fully saturated rings. The van der Waals surface area contributed by atoms with Gasteiger partial charge >= 0.3 is 0 Å². The molecule has 0 bridgehead atoms. The molecule has 2 N–H and O–H groups in total. The van der Waals surface area contributed by atoms with Gasteiger partial charge in [-0.25, -0.2) is 9.97 Å². The van der Waals surface area contributed by atoms with Gasteiger partial charge in [0.25, 0.3) is 0 Å². The number of hydrogen-bond donors (Lipinski definition) is 2. The van der Waals surface area contributed by atoms with Crippen molar-refractivity contribution < 1.29 is 5.11 Å². The Bertz CT molecular complexity index is 736. The Labute approximate surface area is 123 Å². The molecular weight excluding hydrogens is 264 g/mol. The van der Waals surface area contributed by atoms with Crippen molar-refractivity contribution in [2.24, 2.45) is 0 Å². The first kappa shape index (κ1) is 13.6. The molecule has 0 saturated heterocycles. The normalized spacial score (nSPS) is 12.5. The molecule has 0 spiro atoms. The summed E-state index contributed by atoms with van der Waals surface area (Å²) in [5, 5.41) is 12.5. The van der Waals surface area contributed by atoms with E-state index in [2.05, 4.69) is 15.3 Å². The fourth-order valence-electron chi connectivity index (χ4n) is 2.21. The highest BCUT2D eigenvalue weighted by Gasteiger charge is 2.05. The SMILES string of the molecule is CC(O)CCNc1cccc(-n2cnc3ccccc32)n1. The molecule has 3 rings (SSSR count). The van der Waals surface area contributed by atoms with E-state index < -0.39 is 0 Å². The van der Waals surface area contributed by atoms with Crippen molar-refractivity contribution >= 4 is 16.9 Å². The monoisotopic (exact) mass is 282 g/mol. The molecule has 5 nitrogen and oxygen atoms in total. The van der Waals surface area contributed by atoms with E-state index in [1.165, 1.54) is 0 Å². The molecule has 5 heteroatoms. The summed E-state index contributed by atoms with van der Waals surface area (Å²) in [7, 11) is 0. The van der Waals surface area contributed by atoms with E-state index in [0.29, 0.717) is 13.0 Å². The molecule has 0 radical (unpaired) electrons. The summed E-state index contributed by atoms with van der Waals surface area (Å²) in [6.45, 7) is 2.47. The van der Waals surface area contributed by atoms with Crippen molar-refractivity contribution in [2.45, 2.75) is 19.4 Å². The van der Waals surface area contributed by atoms with E-state index in [4.69, 9.17) is 0 Å². The molecule has 108 valence electrons. The topological polar surface area (TPSA) is 63.0 Å². The van der Waals surface area contributed by atoms with E-state index in [9.17, 15) is 5.11 Å². The highest BCUT2D eigenvalue weighted by Crippen LogP contribution is 2.17. The lowest BCUT2D eigenvalue weighted by atomic mass is 10.3. The first-order valence-corrected chi connectivity index (χ1v) is 7.05. The number of hydrogen-bond acceptors (Lipinski definition) is 4. The number of nitrogens with one attached hydrogen (secondary N) is 1. The van der Waals surface area contributed by atoms with Gasteiger partial charge in [-0.15, -0.1) is 0 Å². The number of para-hydroxylation sites is 2. The quantitative estimate of drug-likeness (QED) is 0.755. The maximum absolute atomic E-state index is 9.28. The molecule has 2 aromatic heterocycles. The lowest BCUT2D eigenvalue weighted by Gasteiger charge is -2.09. The van der Waals surface area contributed by atoms with E-state index in [0.717, 1.165) is 22.7 Å². The van der Waals surface area contributed by atoms with Gasteiger partial charge in [-0.05, 0) is 37.6 Å². The van der Waals surface area contributed by atoms with Crippen LogP contribution in [0, 0.1) is 0 Å². The van der Waals surface area contributed by atoms with Crippen LogP contribution >= 0.6 is 0 Å². The highest BCUT2D eigenvalue weighted by atomic mass is 16.3. The van der Waals surface area contributed by atoms with Crippen LogP contribution in [0.25, 0.3) is 16.9 Å². The minimum absolute atomic E-state index is 0.307. The largest absolute Gasteiger partial charge is 0.393 e. The zero-order valence-corrected chi connectivity index (χ0v) is 11.9. The van der Waals surface area contributed by atoms with Gasteiger partial charge in [0.05, 0.1) is 17.1 Å². The van der Waals surface area contributed by atoms with Gasteiger partial charge in [0.1, 0.15) is 18.0 Å². The van der Waals surface area contributed by atoms with Gasteiger partial charge in [-0.2, -0.15) is 0 Å². The van der Waals surface area contributed by atoms with E-state index in [1.807, 2.05) is 47.0 Å². The first-order valence-electron chi connectivity index (χ1n) is 7.05. The number of pyridine rings is 1. The Kier molecular flexibility index (Phi) is 3.83. The number of rotatable bonds is 5. The van der Waals surface area contributed by atoms with Crippen molar-refractivity contribution in [2.75, 3.05) is 11.9 Å². The highest BCUT2D eigenvalue weighted by molar-refractivity contribution is 5.76. The summed E-state index contributed by atoms with van der Waals surface area (Å²) >= 11 is 0. The second-order valence-corrected chi connectivity index (χ2v) is 5.05. The van der Waals surface area contributed by atoms with Gasteiger partial charge in [-0.1, -0.05) is 18.2 Å². The lowest BCUT2D eigenvalue weighted by Crippen LogP contribution is -2.11. The third-order valence-corrected chi connectivity index (χ3v) is 3.30. The van der Waals surface area contributed by atoms with E-state index in [-0.39, 0.29) is 6.10 Å². The Morgan fingerprint density at radius 3 is 2.90 bits per heavy atom. The number of benzene rings is 1. The molecule has 1 aromatic carbocycles. The summed E-state index contributed by atoms with van der Waals surface area (Å²) in [6, 6.07) is 13.8. The van der Waals surface area contributed by atoms with E-state index >= 15 is 0 Å². The van der Waals surface area contributed by atoms with Crippen LogP contribution in [-0.2, 0) is 0 Å². The maximum atomic E-state index is 9.28. The minimum Gasteiger partial charge on any atom is -0.393 e. The lowest BCUT2D eigenvalue weighted by molar-refractivity contribution is 0.188. The third kappa shape index (κ3) is 3.03. The van der Waals surface area contributed by atoms with Crippen LogP contribution < -0.4 is 5.32 Å². The van der Waals surface area contributed by atoms with Gasteiger partial charge in [0, 0.05) is 6.54 Å². The summed E-state index contributed by atoms with van der Waals surface area (Å²) in [5.41, 5.74) is 1.98. The predicted molar refractivity (Wildman–Crippen MR) is 83.7 cm³/mol. The molecule has 0 saturated carbocycles. The van der Waals surface area contributed by atoms with Gasteiger partial charge < -0.3 is 10.4 Å². The first-order chi connectivity index (χ1) is 10.2. The van der Waals surface area contributed by atoms with Gasteiger partial charge in [0.2, 0.25) is 0 Å². The number of anilines is 1. The van der Waals surface area contributed by atoms with Crippen molar-refractivity contribution in [3.05, 3.63) is 48.8 Å². The maximum Gasteiger partial charge on any atom is 0.140 e. The average Bonchev–Trinajstić information content (AvgIpc) is 2.91. The molecule has 2 heterocycles. The fourth-order valence-corrected chi connectivity index (χ4v) is 2.21. The Hall–Kier alpha value is -2.40. The average molecular weight is 282 g/mol. The second kappa shape index (κ2) is 5.93. The molecule has 0 aliphatic heterocycles. The van der Waals surface area contributed by atoms with Crippen LogP contribution in [0.3, 0.4) is 0 Å². The minimum atomic E-state index is -0.307. The number of imidazole rings is 1. The summed E-state index contributed by atoms with van der Waals surface area (Å²) in [5.74, 6) is 1.62. The number of aliphatic hydroxyl groups excluding tert-OH is 1. The van der Waals surface area contributed by atoms with Crippen molar-refractivity contribution in [3.63, 3.8) is 0 Å². The zero-order valence-electron chi connectivity index (χ0n) is 11.9. The molecule has 0 aliphatic rings. The Balaban J connectivity index is 1.85. The van der Waals surface area contributed by atoms with Crippen molar-refractivity contribution in [3.8, 4) is 5.82 Å². The molecule has 0 aliphatic carbocycles. The molecule has 1 atom stereocenters. The standard InChI is InChI=1S/C16H18N4O/c1-12(21)9-10-17-15-7-4-8-16(19-15)20-11-18-13-5-2-3-6-14(13)20/h2-8,11-12,21H,9-10H2,1H3,(H,17,19). The van der Waals surface area contributed by atoms with E-state index in [1.54, 1.807) is 13.3 Å². The molecular formula is C16H18N4O. The van der Waals surface area contributed by atoms with Crippen LogP contribution in [0.1, 0.15) is 13.3 Å². The van der Waals surface area contributed by atoms with Crippen molar-refractivity contribution in [1.29, 1.82) is 0 Å². The summed E-state index contributed by atoms with van der Waals surface area (Å²) in [4.78, 5) is 8.97. The van der Waals surface area contributed by atoms with Gasteiger partial charge in [-0.3, -0.25) is 4.57 Å². The fraction of sp³-hybridized carbons (Fsp3) is 0.250. The third-order valence-electron chi connectivity index (χ3n) is 3.30. The number of nitrogens with zero attached hydrogens (tertiary/aromatic N) is 3. The zero-order chi connectivity index (χ0) is 14.7. The van der Waals surface area contributed by atoms with Crippen LogP contribution in [0.5, 0.6) is 0 Å². The molecule has 21 heavy (non-hydrogen) atoms. The Morgan fingerprint density at radius 1 is 1.19 bits per heavy atom. The molecule has 0 amide bonds. The Morgan fingerprint density at radius 2 is 2.05 bits per heavy atom. The van der Waals surface area contributed by atoms with Crippen molar-refractivity contribution in [1.82, 2.24) is 14.5 Å². The number of aromatic nitrogens is 3. The number of fused-ring (bicyclic) bond motifs is 1. The van der Waals surface area contributed by atoms with Crippen LogP contribution in [0.2, 0.25) is 0 Å². The second-order valence-electron chi connectivity index (χ2n) is 5.05. The molecule has 1 unspecified atom stereocenters. The van der Waals surface area contributed by atoms with Crippen LogP contribution in [-0.4, -0.2) is 32.3 Å². The summed E-state index contributed by atoms with van der Waals surface area (Å²) < 4.78 is 1.97. The molecule has 3 aromatic rings. The summed E-state index contributed by atoms with van der Waals surface area (Å²) in [6.07, 6.45) is 2.17. The van der Waals surface area contributed by atoms with Crippen LogP contribution in [0.4, 0.5) is 5.82 Å².